The highest BCUT2D eigenvalue weighted by Crippen LogP contribution is 2.43. The molecule has 3 heterocycles. The Morgan fingerprint density at radius 1 is 0.449 bits per heavy atom. The average Bonchev–Trinajstić information content (AvgIpc) is 1.70. The molecule has 0 radical (unpaired) electrons. The molecular weight excluding hydrogens is 1080 g/mol. The van der Waals surface area contributed by atoms with E-state index in [1.807, 2.05) is 53.1 Å². The third kappa shape index (κ3) is 10.4. The minimum atomic E-state index is -3.00. The summed E-state index contributed by atoms with van der Waals surface area (Å²) < 4.78 is 308. The number of benzene rings is 12. The summed E-state index contributed by atoms with van der Waals surface area (Å²) in [7, 11) is 0. The van der Waals surface area contributed by atoms with E-state index < -0.39 is 254 Å². The minimum Gasteiger partial charge on any atom is -0.458 e. The number of para-hydroxylation sites is 2. The van der Waals surface area contributed by atoms with E-state index in [0.717, 1.165) is 21.9 Å². The Kier molecular flexibility index (Phi) is 7.62. The largest absolute Gasteiger partial charge is 0.458 e. The SMILES string of the molecule is [2H]c1c([2H])c([2H])c(-c2c([2H])c(-c3cccc(-c4c([2H])c(-c5c([2H])c([2H])c([2H])c([2H])c5[2H])c([2H])c(-c5c([2H])c([2H])c([2H])c([2H])c5[2H])c4[2H])c3-[n+]3[c-]n(-c4cccc(Oc5ccc6c7ccccc7n(-c7cc(C(C)(C)C)ccn7)c6c5)c4)c4cc(-c5c(C([2H])([2H])[2H])cccc5C([2H])([2H])[2H])ccc43)c([2H])c(-c3c([2H])c([2H])c([2H])c([2H])c3[2H])c2[2H])c([2H])c1[2H]. The number of aromatic nitrogens is 4. The maximum Gasteiger partial charge on any atom is 0.269 e. The Balaban J connectivity index is 1.13. The maximum atomic E-state index is 10.6. The lowest BCUT2D eigenvalue weighted by molar-refractivity contribution is -0.571. The number of hydrogen-bond acceptors (Lipinski definition) is 2. The van der Waals surface area contributed by atoms with Crippen molar-refractivity contribution in [2.45, 2.75) is 39.9 Å². The molecule has 426 valence electrons. The van der Waals surface area contributed by atoms with Gasteiger partial charge in [0.25, 0.3) is 6.33 Å². The number of fused-ring (bicyclic) bond motifs is 4. The molecule has 0 amide bonds. The fourth-order valence-electron chi connectivity index (χ4n) is 11.0. The Morgan fingerprint density at radius 2 is 0.978 bits per heavy atom. The van der Waals surface area contributed by atoms with Crippen molar-refractivity contribution >= 4 is 32.8 Å². The first-order valence-corrected chi connectivity index (χ1v) is 28.0. The van der Waals surface area contributed by atoms with Gasteiger partial charge < -0.3 is 4.74 Å². The molecule has 0 fully saturated rings. The van der Waals surface area contributed by atoms with Crippen molar-refractivity contribution in [3.8, 4) is 107 Å². The molecule has 5 nitrogen and oxygen atoms in total. The lowest BCUT2D eigenvalue weighted by atomic mass is 9.88. The number of rotatable bonds is 12. The zero-order valence-corrected chi connectivity index (χ0v) is 47.5. The topological polar surface area (TPSA) is 35.9 Å². The lowest BCUT2D eigenvalue weighted by Crippen LogP contribution is -2.31. The average molecular weight is 1180 g/mol. The molecule has 0 aliphatic rings. The van der Waals surface area contributed by atoms with E-state index in [1.165, 1.54) is 63.7 Å². The summed E-state index contributed by atoms with van der Waals surface area (Å²) in [5.74, 6) is 1.06. The number of imidazole rings is 1. The van der Waals surface area contributed by atoms with Gasteiger partial charge in [-0.25, -0.2) is 4.98 Å². The fourth-order valence-corrected chi connectivity index (χ4v) is 11.0. The smallest absolute Gasteiger partial charge is 0.269 e. The molecule has 0 unspecified atom stereocenters. The van der Waals surface area contributed by atoms with Gasteiger partial charge in [-0.1, -0.05) is 214 Å². The zero-order valence-electron chi connectivity index (χ0n) is 79.5. The van der Waals surface area contributed by atoms with Crippen molar-refractivity contribution in [2.75, 3.05) is 0 Å². The third-order valence-corrected chi connectivity index (χ3v) is 15.1. The number of nitrogens with zero attached hydrogens (tertiary/aromatic N) is 4. The van der Waals surface area contributed by atoms with Crippen molar-refractivity contribution in [3.05, 3.63) is 320 Å². The van der Waals surface area contributed by atoms with Crippen molar-refractivity contribution < 1.29 is 53.2 Å². The standard InChI is InChI=1S/C84H64N4O/c1-56-23-20-24-57(2)82(56)62-39-42-78-80(51-62)86(70-33-21-34-71(53-70)89-72-40-41-76-75-35-18-19-38-77(75)88(79(76)54-72)81-52-69(43-44-85-81)84(3,4)5)55-87(78)83-73(67-47-63(58-25-10-6-11-26-58)45-64(48-67)59-27-12-7-13-28-59)36-22-37-74(83)68-49-65(60-29-14-8-15-30-60)46-66(50-68)61-31-16-9-17-32-61/h6-54H,1-5H3/i1D3,2D3,6D,7D,8D,9D,10D,11D,12D,13D,14D,15D,16D,17D,25D,26D,27D,28D,29D,30D,31D,32D,45D,46D,47D,48D,49D,50D. The molecule has 0 N–H and O–H groups in total. The molecule has 15 rings (SSSR count). The van der Waals surface area contributed by atoms with Crippen LogP contribution in [0.2, 0.25) is 0 Å². The number of hydrogen-bond donors (Lipinski definition) is 0. The van der Waals surface area contributed by atoms with E-state index in [0.29, 0.717) is 17.1 Å². The molecule has 0 saturated heterocycles. The minimum absolute atomic E-state index is 0.0418. The van der Waals surface area contributed by atoms with Crippen molar-refractivity contribution in [1.29, 1.82) is 0 Å². The molecular formula is C84H64N4O. The summed E-state index contributed by atoms with van der Waals surface area (Å²) in [6.07, 6.45) is 5.07. The number of aryl methyl sites for hydroxylation is 2. The second kappa shape index (κ2) is 22.6. The Morgan fingerprint density at radius 3 is 1.55 bits per heavy atom. The monoisotopic (exact) mass is 1180 g/mol. The molecule has 15 aromatic rings. The normalized spacial score (nSPS) is 17.0. The van der Waals surface area contributed by atoms with Crippen LogP contribution in [0.1, 0.15) is 81.3 Å². The lowest BCUT2D eigenvalue weighted by Gasteiger charge is -2.20. The van der Waals surface area contributed by atoms with E-state index in [2.05, 4.69) is 27.1 Å². The summed E-state index contributed by atoms with van der Waals surface area (Å²) in [5, 5.41) is 1.75. The van der Waals surface area contributed by atoms with Crippen LogP contribution < -0.4 is 9.30 Å². The van der Waals surface area contributed by atoms with Gasteiger partial charge in [-0.15, -0.1) is 0 Å². The van der Waals surface area contributed by atoms with Crippen molar-refractivity contribution in [3.63, 3.8) is 0 Å². The maximum absolute atomic E-state index is 10.6. The van der Waals surface area contributed by atoms with Gasteiger partial charge in [0.05, 0.1) is 69.1 Å². The van der Waals surface area contributed by atoms with Gasteiger partial charge in [0, 0.05) is 31.3 Å². The summed E-state index contributed by atoms with van der Waals surface area (Å²) >= 11 is 0. The summed E-state index contributed by atoms with van der Waals surface area (Å²) in [4.78, 5) is 4.83. The molecule has 12 aromatic carbocycles. The van der Waals surface area contributed by atoms with E-state index in [-0.39, 0.29) is 39.0 Å². The fraction of sp³-hybridized carbons (Fsp3) is 0.0714. The molecule has 0 aliphatic carbocycles. The van der Waals surface area contributed by atoms with Crippen LogP contribution in [-0.4, -0.2) is 14.1 Å². The van der Waals surface area contributed by atoms with E-state index in [9.17, 15) is 19.2 Å². The molecule has 0 bridgehead atoms. The van der Waals surface area contributed by atoms with E-state index in [1.54, 1.807) is 36.5 Å². The van der Waals surface area contributed by atoms with Crippen LogP contribution in [0.25, 0.3) is 128 Å². The Hall–Kier alpha value is -11.1. The van der Waals surface area contributed by atoms with Crippen LogP contribution in [0, 0.1) is 20.0 Å². The van der Waals surface area contributed by atoms with Crippen LogP contribution in [-0.2, 0) is 5.41 Å². The molecule has 0 saturated carbocycles. The Bertz CT molecular complexity index is 6470. The van der Waals surface area contributed by atoms with Crippen molar-refractivity contribution in [2.24, 2.45) is 0 Å². The van der Waals surface area contributed by atoms with Crippen LogP contribution in [0.5, 0.6) is 11.5 Å². The molecule has 3 aromatic heterocycles. The summed E-state index contributed by atoms with van der Waals surface area (Å²) in [5.41, 5.74) is -8.99. The van der Waals surface area contributed by atoms with Crippen LogP contribution in [0.3, 0.4) is 0 Å². The van der Waals surface area contributed by atoms with Gasteiger partial charge in [-0.05, 0) is 205 Å². The summed E-state index contributed by atoms with van der Waals surface area (Å²) in [6, 6.07) is 8.93. The second-order valence-electron chi connectivity index (χ2n) is 21.7. The quantitative estimate of drug-likeness (QED) is 0.0903. The second-order valence-corrected chi connectivity index (χ2v) is 21.7. The van der Waals surface area contributed by atoms with E-state index in [4.69, 9.17) is 34.4 Å². The van der Waals surface area contributed by atoms with Gasteiger partial charge in [0.2, 0.25) is 0 Å². The third-order valence-electron chi connectivity index (χ3n) is 15.1. The van der Waals surface area contributed by atoms with Crippen LogP contribution in [0.4, 0.5) is 0 Å². The van der Waals surface area contributed by atoms with Crippen LogP contribution >= 0.6 is 0 Å². The van der Waals surface area contributed by atoms with Gasteiger partial charge >= 0.3 is 0 Å². The predicted molar refractivity (Wildman–Crippen MR) is 369 cm³/mol. The number of ether oxygens (including phenoxy) is 1. The van der Waals surface area contributed by atoms with Crippen LogP contribution in [0.15, 0.2) is 297 Å². The highest BCUT2D eigenvalue weighted by atomic mass is 16.5. The van der Waals surface area contributed by atoms with Gasteiger partial charge in [0.1, 0.15) is 17.3 Å². The first-order valence-electron chi connectivity index (χ1n) is 44.0. The van der Waals surface area contributed by atoms with Gasteiger partial charge in [0.15, 0.2) is 0 Å². The molecule has 5 heteroatoms. The molecule has 0 aliphatic heterocycles. The van der Waals surface area contributed by atoms with Crippen molar-refractivity contribution in [1.82, 2.24) is 14.1 Å². The zero-order chi connectivity index (χ0) is 87.8. The molecule has 0 atom stereocenters. The number of pyridine rings is 1. The highest BCUT2D eigenvalue weighted by molar-refractivity contribution is 6.09. The van der Waals surface area contributed by atoms with Gasteiger partial charge in [-0.3, -0.25) is 13.7 Å². The first kappa shape index (κ1) is 30.0. The van der Waals surface area contributed by atoms with Gasteiger partial charge in [-0.2, -0.15) is 0 Å². The Labute approximate surface area is 565 Å². The highest BCUT2D eigenvalue weighted by Gasteiger charge is 2.24. The summed E-state index contributed by atoms with van der Waals surface area (Å²) in [6.45, 7) is 0.261. The molecule has 0 spiro atoms. The molecule has 89 heavy (non-hydrogen) atoms. The van der Waals surface area contributed by atoms with E-state index >= 15 is 0 Å². The predicted octanol–water partition coefficient (Wildman–Crippen LogP) is 21.6. The first-order chi connectivity index (χ1) is 56.8.